The molecule has 0 heterocycles. The molecule has 110 valence electrons. The summed E-state index contributed by atoms with van der Waals surface area (Å²) in [7, 11) is 0. The molecule has 0 amide bonds. The fraction of sp³-hybridized carbons (Fsp3) is 0.250. The van der Waals surface area contributed by atoms with Crippen LogP contribution in [0.25, 0.3) is 0 Å². The summed E-state index contributed by atoms with van der Waals surface area (Å²) in [6.45, 7) is 0. The van der Waals surface area contributed by atoms with Crippen molar-refractivity contribution in [1.82, 2.24) is 0 Å². The average molecular weight is 309 g/mol. The molecule has 0 atom stereocenters. The molecule has 0 saturated carbocycles. The Labute approximate surface area is 125 Å². The van der Waals surface area contributed by atoms with Crippen LogP contribution in [0.5, 0.6) is 0 Å². The Morgan fingerprint density at radius 1 is 0.905 bits per heavy atom. The van der Waals surface area contributed by atoms with Gasteiger partial charge in [0.2, 0.25) is 0 Å². The van der Waals surface area contributed by atoms with E-state index in [9.17, 15) is 13.2 Å². The molecule has 2 aromatic rings. The molecule has 0 spiro atoms. The summed E-state index contributed by atoms with van der Waals surface area (Å²) in [5.41, 5.74) is -0.681. The molecule has 5 heteroatoms. The molecule has 0 saturated heterocycles. The van der Waals surface area contributed by atoms with Crippen LogP contribution >= 0.6 is 11.8 Å². The summed E-state index contributed by atoms with van der Waals surface area (Å²) in [5.74, 6) is 0. The van der Waals surface area contributed by atoms with Crippen LogP contribution in [0.3, 0.4) is 0 Å². The average Bonchev–Trinajstić information content (AvgIpc) is 2.81. The number of fused-ring (bicyclic) bond motifs is 1. The lowest BCUT2D eigenvalue weighted by atomic mass is 10.1. The van der Waals surface area contributed by atoms with Gasteiger partial charge in [0.25, 0.3) is 0 Å². The summed E-state index contributed by atoms with van der Waals surface area (Å²) < 4.78 is 36.8. The molecule has 0 aromatic heterocycles. The van der Waals surface area contributed by atoms with Crippen LogP contribution in [0.2, 0.25) is 0 Å². The number of nitrogens with one attached hydrogen (secondary N) is 1. The van der Waals surface area contributed by atoms with Gasteiger partial charge in [0.05, 0.1) is 0 Å². The Kier molecular flexibility index (Phi) is 3.85. The van der Waals surface area contributed by atoms with E-state index < -0.39 is 5.51 Å². The fourth-order valence-electron chi connectivity index (χ4n) is 2.65. The van der Waals surface area contributed by atoms with Crippen molar-refractivity contribution in [2.24, 2.45) is 0 Å². The molecule has 21 heavy (non-hydrogen) atoms. The zero-order valence-corrected chi connectivity index (χ0v) is 12.0. The van der Waals surface area contributed by atoms with E-state index in [1.165, 1.54) is 23.3 Å². The zero-order chi connectivity index (χ0) is 14.9. The molecular weight excluding hydrogens is 295 g/mol. The van der Waals surface area contributed by atoms with E-state index in [4.69, 9.17) is 0 Å². The number of rotatable bonds is 3. The smallest absolute Gasteiger partial charge is 0.382 e. The van der Waals surface area contributed by atoms with Gasteiger partial charge in [-0.15, -0.1) is 0 Å². The highest BCUT2D eigenvalue weighted by molar-refractivity contribution is 8.00. The molecular formula is C16H14F3NS. The number of thioether (sulfide) groups is 1. The van der Waals surface area contributed by atoms with E-state index in [-0.39, 0.29) is 16.7 Å². The topological polar surface area (TPSA) is 12.0 Å². The highest BCUT2D eigenvalue weighted by Gasteiger charge is 2.29. The standard InChI is InChI=1S/C16H14F3NS/c17-16(18,19)21-15-7-5-13(6-8-15)20-14-9-11-3-1-2-4-12(11)10-14/h1-8,14,20H,9-10H2. The van der Waals surface area contributed by atoms with Gasteiger partial charge in [-0.1, -0.05) is 24.3 Å². The second-order valence-corrected chi connectivity index (χ2v) is 6.23. The highest BCUT2D eigenvalue weighted by atomic mass is 32.2. The van der Waals surface area contributed by atoms with E-state index >= 15 is 0 Å². The zero-order valence-electron chi connectivity index (χ0n) is 11.2. The number of hydrogen-bond acceptors (Lipinski definition) is 2. The number of halogens is 3. The van der Waals surface area contributed by atoms with Crippen LogP contribution in [0.15, 0.2) is 53.4 Å². The minimum absolute atomic E-state index is 0.0858. The van der Waals surface area contributed by atoms with Crippen molar-refractivity contribution in [3.63, 3.8) is 0 Å². The minimum Gasteiger partial charge on any atom is -0.382 e. The lowest BCUT2D eigenvalue weighted by molar-refractivity contribution is -0.0328. The Morgan fingerprint density at radius 2 is 1.48 bits per heavy atom. The van der Waals surface area contributed by atoms with Gasteiger partial charge in [-0.05, 0) is 60.0 Å². The van der Waals surface area contributed by atoms with Crippen molar-refractivity contribution in [2.45, 2.75) is 29.3 Å². The lowest BCUT2D eigenvalue weighted by Gasteiger charge is -2.14. The Balaban J connectivity index is 1.62. The number of alkyl halides is 3. The van der Waals surface area contributed by atoms with Gasteiger partial charge in [0, 0.05) is 16.6 Å². The molecule has 0 aliphatic heterocycles. The van der Waals surface area contributed by atoms with Crippen LogP contribution in [-0.4, -0.2) is 11.6 Å². The molecule has 0 unspecified atom stereocenters. The first-order valence-electron chi connectivity index (χ1n) is 6.69. The van der Waals surface area contributed by atoms with Crippen LogP contribution in [0.4, 0.5) is 18.9 Å². The van der Waals surface area contributed by atoms with Crippen LogP contribution < -0.4 is 5.32 Å². The second kappa shape index (κ2) is 5.64. The van der Waals surface area contributed by atoms with Gasteiger partial charge < -0.3 is 5.32 Å². The van der Waals surface area contributed by atoms with Crippen molar-refractivity contribution in [2.75, 3.05) is 5.32 Å². The third-order valence-electron chi connectivity index (χ3n) is 3.51. The Hall–Kier alpha value is -1.62. The van der Waals surface area contributed by atoms with Crippen LogP contribution in [0.1, 0.15) is 11.1 Å². The largest absolute Gasteiger partial charge is 0.446 e. The van der Waals surface area contributed by atoms with Crippen LogP contribution in [0, 0.1) is 0 Å². The lowest BCUT2D eigenvalue weighted by Crippen LogP contribution is -2.19. The third-order valence-corrected chi connectivity index (χ3v) is 4.25. The number of hydrogen-bond donors (Lipinski definition) is 1. The highest BCUT2D eigenvalue weighted by Crippen LogP contribution is 2.37. The SMILES string of the molecule is FC(F)(F)Sc1ccc(NC2Cc3ccccc3C2)cc1. The molecule has 1 aliphatic carbocycles. The molecule has 1 nitrogen and oxygen atoms in total. The normalized spacial score (nSPS) is 15.0. The summed E-state index contributed by atoms with van der Waals surface area (Å²) >= 11 is -0.0858. The van der Waals surface area contributed by atoms with Gasteiger partial charge in [-0.3, -0.25) is 0 Å². The fourth-order valence-corrected chi connectivity index (χ4v) is 3.19. The van der Waals surface area contributed by atoms with E-state index in [0.717, 1.165) is 18.5 Å². The van der Waals surface area contributed by atoms with Crippen molar-refractivity contribution in [3.8, 4) is 0 Å². The quantitative estimate of drug-likeness (QED) is 0.811. The molecule has 1 aliphatic rings. The third kappa shape index (κ3) is 3.73. The molecule has 0 fully saturated rings. The molecule has 1 N–H and O–H groups in total. The molecule has 3 rings (SSSR count). The van der Waals surface area contributed by atoms with E-state index in [2.05, 4.69) is 17.4 Å². The summed E-state index contributed by atoms with van der Waals surface area (Å²) in [4.78, 5) is 0.211. The number of anilines is 1. The number of benzene rings is 2. The van der Waals surface area contributed by atoms with E-state index in [1.807, 2.05) is 12.1 Å². The van der Waals surface area contributed by atoms with Gasteiger partial charge in [-0.2, -0.15) is 13.2 Å². The molecule has 0 bridgehead atoms. The predicted octanol–water partition coefficient (Wildman–Crippen LogP) is 4.88. The van der Waals surface area contributed by atoms with Gasteiger partial charge in [0.15, 0.2) is 0 Å². The van der Waals surface area contributed by atoms with E-state index in [0.29, 0.717) is 6.04 Å². The summed E-state index contributed by atoms with van der Waals surface area (Å²) in [5, 5.41) is 3.39. The van der Waals surface area contributed by atoms with Gasteiger partial charge in [0.1, 0.15) is 0 Å². The maximum atomic E-state index is 12.3. The Morgan fingerprint density at radius 3 is 2.00 bits per heavy atom. The molecule has 0 radical (unpaired) electrons. The van der Waals surface area contributed by atoms with Gasteiger partial charge in [-0.25, -0.2) is 0 Å². The van der Waals surface area contributed by atoms with Gasteiger partial charge >= 0.3 is 5.51 Å². The van der Waals surface area contributed by atoms with Crippen LogP contribution in [-0.2, 0) is 12.8 Å². The maximum Gasteiger partial charge on any atom is 0.446 e. The first kappa shape index (κ1) is 14.3. The Bertz CT molecular complexity index is 597. The summed E-state index contributed by atoms with van der Waals surface area (Å²) in [6.07, 6.45) is 1.91. The minimum atomic E-state index is -4.23. The van der Waals surface area contributed by atoms with Crippen molar-refractivity contribution in [3.05, 3.63) is 59.7 Å². The maximum absolute atomic E-state index is 12.3. The van der Waals surface area contributed by atoms with E-state index in [1.54, 1.807) is 12.1 Å². The van der Waals surface area contributed by atoms with Crippen molar-refractivity contribution in [1.29, 1.82) is 0 Å². The summed E-state index contributed by atoms with van der Waals surface area (Å²) in [6, 6.07) is 15.0. The predicted molar refractivity (Wildman–Crippen MR) is 79.6 cm³/mol. The monoisotopic (exact) mass is 309 g/mol. The van der Waals surface area contributed by atoms with Crippen molar-refractivity contribution >= 4 is 17.4 Å². The first-order valence-corrected chi connectivity index (χ1v) is 7.50. The second-order valence-electron chi connectivity index (χ2n) is 5.09. The van der Waals surface area contributed by atoms with Crippen molar-refractivity contribution < 1.29 is 13.2 Å². The molecule has 2 aromatic carbocycles. The first-order chi connectivity index (χ1) is 9.99.